The number of nitrogens with zero attached hydrogens (tertiary/aromatic N) is 2. The van der Waals surface area contributed by atoms with Crippen molar-refractivity contribution in [1.82, 2.24) is 4.98 Å². The minimum Gasteiger partial charge on any atom is -0.397 e. The van der Waals surface area contributed by atoms with Gasteiger partial charge < -0.3 is 11.1 Å². The molecule has 1 aromatic carbocycles. The summed E-state index contributed by atoms with van der Waals surface area (Å²) in [5.41, 5.74) is 12.3. The average molecular weight is 471 g/mol. The number of amides is 1. The molecule has 0 fully saturated rings. The normalized spacial score (nSPS) is 16.9. The Balaban J connectivity index is 1.30. The predicted molar refractivity (Wildman–Crippen MR) is 134 cm³/mol. The van der Waals surface area contributed by atoms with Crippen LogP contribution in [0, 0.1) is 11.3 Å². The van der Waals surface area contributed by atoms with Gasteiger partial charge >= 0.3 is 0 Å². The summed E-state index contributed by atoms with van der Waals surface area (Å²) in [4.78, 5) is 20.5. The van der Waals surface area contributed by atoms with E-state index in [9.17, 15) is 10.1 Å². The van der Waals surface area contributed by atoms with E-state index in [2.05, 4.69) is 41.7 Å². The molecule has 164 valence electrons. The van der Waals surface area contributed by atoms with Gasteiger partial charge in [-0.25, -0.2) is 4.98 Å². The molecule has 2 aliphatic carbocycles. The number of nitrogen functional groups attached to an aromatic ring is 1. The quantitative estimate of drug-likeness (QED) is 0.394. The Morgan fingerprint density at radius 2 is 2.03 bits per heavy atom. The van der Waals surface area contributed by atoms with Crippen LogP contribution in [0.25, 0.3) is 10.2 Å². The number of aromatic nitrogens is 1. The molecule has 1 amide bonds. The molecule has 5 nitrogen and oxygen atoms in total. The lowest BCUT2D eigenvalue weighted by Gasteiger charge is -2.22. The van der Waals surface area contributed by atoms with E-state index in [0.29, 0.717) is 27.0 Å². The van der Waals surface area contributed by atoms with Crippen LogP contribution < -0.4 is 11.1 Å². The van der Waals surface area contributed by atoms with Crippen molar-refractivity contribution in [1.29, 1.82) is 5.26 Å². The molecular formula is C26H22N4OS2. The summed E-state index contributed by atoms with van der Waals surface area (Å²) in [6.45, 7) is 0. The van der Waals surface area contributed by atoms with Crippen molar-refractivity contribution in [3.05, 3.63) is 74.1 Å². The second-order valence-electron chi connectivity index (χ2n) is 8.77. The van der Waals surface area contributed by atoms with Crippen LogP contribution in [0.15, 0.2) is 36.4 Å². The zero-order valence-corrected chi connectivity index (χ0v) is 19.6. The van der Waals surface area contributed by atoms with Gasteiger partial charge in [0.25, 0.3) is 5.91 Å². The largest absolute Gasteiger partial charge is 0.397 e. The molecule has 2 aliphatic rings. The third-order valence-electron chi connectivity index (χ3n) is 6.83. The molecule has 4 aromatic rings. The molecule has 1 atom stereocenters. The third kappa shape index (κ3) is 3.41. The number of aryl methyl sites for hydroxylation is 2. The average Bonchev–Trinajstić information content (AvgIpc) is 3.52. The monoisotopic (exact) mass is 470 g/mol. The van der Waals surface area contributed by atoms with E-state index in [4.69, 9.17) is 10.7 Å². The summed E-state index contributed by atoms with van der Waals surface area (Å²) in [5, 5.41) is 14.4. The summed E-state index contributed by atoms with van der Waals surface area (Å²) in [6, 6.07) is 15.0. The first-order valence-corrected chi connectivity index (χ1v) is 12.9. The summed E-state index contributed by atoms with van der Waals surface area (Å²) in [5.74, 6) is 0.184. The smallest absolute Gasteiger partial charge is 0.268 e. The number of hydrogen-bond donors (Lipinski definition) is 2. The molecular weight excluding hydrogens is 448 g/mol. The summed E-state index contributed by atoms with van der Waals surface area (Å²) < 4.78 is 0. The minimum atomic E-state index is -0.259. The van der Waals surface area contributed by atoms with Gasteiger partial charge in [-0.1, -0.05) is 30.3 Å². The van der Waals surface area contributed by atoms with Crippen molar-refractivity contribution in [2.24, 2.45) is 0 Å². The maximum atomic E-state index is 13.2. The van der Waals surface area contributed by atoms with Crippen LogP contribution >= 0.6 is 22.7 Å². The van der Waals surface area contributed by atoms with Gasteiger partial charge in [0, 0.05) is 16.0 Å². The number of carbonyl (C=O) groups excluding carboxylic acids is 1. The maximum Gasteiger partial charge on any atom is 0.268 e. The topological polar surface area (TPSA) is 91.8 Å². The molecule has 33 heavy (non-hydrogen) atoms. The van der Waals surface area contributed by atoms with E-state index in [1.165, 1.54) is 38.7 Å². The highest BCUT2D eigenvalue weighted by molar-refractivity contribution is 7.21. The lowest BCUT2D eigenvalue weighted by molar-refractivity contribution is 0.103. The van der Waals surface area contributed by atoms with E-state index < -0.39 is 0 Å². The Morgan fingerprint density at radius 3 is 2.85 bits per heavy atom. The van der Waals surface area contributed by atoms with E-state index >= 15 is 0 Å². The number of rotatable bonds is 3. The molecule has 1 unspecified atom stereocenters. The molecule has 0 saturated heterocycles. The Morgan fingerprint density at radius 1 is 1.18 bits per heavy atom. The Hall–Kier alpha value is -3.21. The summed E-state index contributed by atoms with van der Waals surface area (Å²) >= 11 is 2.87. The highest BCUT2D eigenvalue weighted by atomic mass is 32.1. The predicted octanol–water partition coefficient (Wildman–Crippen LogP) is 5.83. The highest BCUT2D eigenvalue weighted by Gasteiger charge is 2.28. The first-order chi connectivity index (χ1) is 16.1. The van der Waals surface area contributed by atoms with Gasteiger partial charge in [0.15, 0.2) is 0 Å². The number of pyridine rings is 1. The van der Waals surface area contributed by atoms with Gasteiger partial charge in [-0.05, 0) is 67.2 Å². The van der Waals surface area contributed by atoms with Crippen LogP contribution in [-0.4, -0.2) is 10.9 Å². The number of nitriles is 1. The van der Waals surface area contributed by atoms with Gasteiger partial charge in [0.1, 0.15) is 20.8 Å². The van der Waals surface area contributed by atoms with Crippen LogP contribution in [0.4, 0.5) is 10.7 Å². The molecule has 0 saturated carbocycles. The van der Waals surface area contributed by atoms with Gasteiger partial charge in [0.2, 0.25) is 0 Å². The number of benzene rings is 1. The van der Waals surface area contributed by atoms with Crippen molar-refractivity contribution >= 4 is 49.5 Å². The van der Waals surface area contributed by atoms with E-state index in [0.717, 1.165) is 60.0 Å². The summed E-state index contributed by atoms with van der Waals surface area (Å²) in [7, 11) is 0. The highest BCUT2D eigenvalue weighted by Crippen LogP contribution is 2.43. The fraction of sp³-hybridized carbons (Fsp3) is 0.269. The number of nitrogens with one attached hydrogen (secondary N) is 1. The molecule has 3 N–H and O–H groups in total. The van der Waals surface area contributed by atoms with Gasteiger partial charge in [0.05, 0.1) is 11.3 Å². The maximum absolute atomic E-state index is 13.2. The fourth-order valence-corrected chi connectivity index (χ4v) is 7.39. The van der Waals surface area contributed by atoms with Crippen molar-refractivity contribution < 1.29 is 4.79 Å². The Labute approximate surface area is 199 Å². The minimum absolute atomic E-state index is 0.259. The number of nitrogens with two attached hydrogens (primary N) is 1. The molecule has 7 heteroatoms. The van der Waals surface area contributed by atoms with Crippen LogP contribution in [0.3, 0.4) is 0 Å². The first-order valence-electron chi connectivity index (χ1n) is 11.2. The molecule has 0 spiro atoms. The van der Waals surface area contributed by atoms with E-state index in [1.807, 2.05) is 6.07 Å². The SMILES string of the molecule is N#Cc1c(NC(=O)c2sc3nc4c(cc3c2N)CCC4)sc2c1CCC(c1ccccc1)C2. The molecule has 0 aliphatic heterocycles. The van der Waals surface area contributed by atoms with Gasteiger partial charge in [-0.15, -0.1) is 22.7 Å². The number of fused-ring (bicyclic) bond motifs is 3. The van der Waals surface area contributed by atoms with E-state index in [-0.39, 0.29) is 5.91 Å². The number of hydrogen-bond acceptors (Lipinski definition) is 6. The summed E-state index contributed by atoms with van der Waals surface area (Å²) in [6.07, 6.45) is 5.89. The third-order valence-corrected chi connectivity index (χ3v) is 9.11. The zero-order chi connectivity index (χ0) is 22.5. The van der Waals surface area contributed by atoms with Crippen molar-refractivity contribution in [2.45, 2.75) is 44.4 Å². The van der Waals surface area contributed by atoms with Crippen LogP contribution in [-0.2, 0) is 25.7 Å². The second kappa shape index (κ2) is 7.98. The molecule has 3 heterocycles. The first kappa shape index (κ1) is 20.4. The van der Waals surface area contributed by atoms with Gasteiger partial charge in [-0.3, -0.25) is 4.79 Å². The molecule has 3 aromatic heterocycles. The Kier molecular flexibility index (Phi) is 4.93. The molecule has 0 radical (unpaired) electrons. The molecule has 6 rings (SSSR count). The number of anilines is 2. The lowest BCUT2D eigenvalue weighted by atomic mass is 9.83. The standard InChI is InChI=1S/C26H22N4OS2/c27-13-19-17-10-9-15(14-5-2-1-3-6-14)12-21(17)32-26(19)30-24(31)23-22(28)18-11-16-7-4-8-20(16)29-25(18)33-23/h1-3,5-6,11,15H,4,7-10,12,28H2,(H,30,31). The van der Waals surface area contributed by atoms with Crippen LogP contribution in [0.5, 0.6) is 0 Å². The van der Waals surface area contributed by atoms with Crippen molar-refractivity contribution in [3.63, 3.8) is 0 Å². The molecule has 0 bridgehead atoms. The van der Waals surface area contributed by atoms with Crippen molar-refractivity contribution in [2.75, 3.05) is 11.1 Å². The van der Waals surface area contributed by atoms with Crippen molar-refractivity contribution in [3.8, 4) is 6.07 Å². The number of thiophene rings is 2. The second-order valence-corrected chi connectivity index (χ2v) is 10.9. The zero-order valence-electron chi connectivity index (χ0n) is 18.0. The Bertz CT molecular complexity index is 1440. The lowest BCUT2D eigenvalue weighted by Crippen LogP contribution is -2.12. The number of carbonyl (C=O) groups is 1. The van der Waals surface area contributed by atoms with Gasteiger partial charge in [-0.2, -0.15) is 5.26 Å². The van der Waals surface area contributed by atoms with E-state index in [1.54, 1.807) is 0 Å². The van der Waals surface area contributed by atoms with Crippen LogP contribution in [0.2, 0.25) is 0 Å². The van der Waals surface area contributed by atoms with Crippen LogP contribution in [0.1, 0.15) is 61.3 Å². The fourth-order valence-electron chi connectivity index (χ4n) is 5.13.